The Hall–Kier alpha value is -0.290. The van der Waals surface area contributed by atoms with E-state index in [9.17, 15) is 13.2 Å². The molecule has 0 aliphatic rings. The SMILES string of the molecule is CC(CCCC(F)(F)F)NN. The number of rotatable bonds is 4. The fraction of sp³-hybridized carbons (Fsp3) is 1.00. The van der Waals surface area contributed by atoms with E-state index in [1.54, 1.807) is 6.92 Å². The third kappa shape index (κ3) is 7.61. The molecule has 68 valence electrons. The van der Waals surface area contributed by atoms with E-state index >= 15 is 0 Å². The lowest BCUT2D eigenvalue weighted by Gasteiger charge is -2.10. The van der Waals surface area contributed by atoms with Gasteiger partial charge in [0.1, 0.15) is 0 Å². The number of hydrogen-bond donors (Lipinski definition) is 2. The Morgan fingerprint density at radius 3 is 2.36 bits per heavy atom. The van der Waals surface area contributed by atoms with Gasteiger partial charge in [0.2, 0.25) is 0 Å². The molecule has 1 atom stereocenters. The van der Waals surface area contributed by atoms with Crippen molar-refractivity contribution in [3.63, 3.8) is 0 Å². The van der Waals surface area contributed by atoms with Gasteiger partial charge in [-0.3, -0.25) is 11.3 Å². The third-order valence-corrected chi connectivity index (χ3v) is 1.38. The number of nitrogens with one attached hydrogen (secondary N) is 1. The van der Waals surface area contributed by atoms with E-state index in [4.69, 9.17) is 5.84 Å². The van der Waals surface area contributed by atoms with Crippen molar-refractivity contribution in [2.24, 2.45) is 5.84 Å². The van der Waals surface area contributed by atoms with Crippen LogP contribution in [0.25, 0.3) is 0 Å². The molecule has 11 heavy (non-hydrogen) atoms. The second kappa shape index (κ2) is 4.56. The van der Waals surface area contributed by atoms with Gasteiger partial charge in [0.25, 0.3) is 0 Å². The first-order valence-corrected chi connectivity index (χ1v) is 3.48. The minimum Gasteiger partial charge on any atom is -0.271 e. The van der Waals surface area contributed by atoms with Crippen molar-refractivity contribution < 1.29 is 13.2 Å². The number of hydrazine groups is 1. The van der Waals surface area contributed by atoms with Crippen molar-refractivity contribution >= 4 is 0 Å². The fourth-order valence-corrected chi connectivity index (χ4v) is 0.692. The largest absolute Gasteiger partial charge is 0.389 e. The first-order valence-electron chi connectivity index (χ1n) is 3.48. The molecule has 0 heterocycles. The molecule has 0 saturated heterocycles. The molecule has 0 saturated carbocycles. The van der Waals surface area contributed by atoms with Crippen molar-refractivity contribution in [2.45, 2.75) is 38.4 Å². The molecule has 0 aliphatic carbocycles. The minimum atomic E-state index is -4.03. The average molecular weight is 170 g/mol. The molecule has 0 bridgehead atoms. The average Bonchev–Trinajstić information content (AvgIpc) is 1.85. The zero-order valence-corrected chi connectivity index (χ0v) is 6.41. The molecule has 0 aliphatic heterocycles. The fourth-order valence-electron chi connectivity index (χ4n) is 0.692. The van der Waals surface area contributed by atoms with Crippen LogP contribution in [-0.2, 0) is 0 Å². The summed E-state index contributed by atoms with van der Waals surface area (Å²) in [6.07, 6.45) is -4.17. The van der Waals surface area contributed by atoms with Gasteiger partial charge < -0.3 is 0 Å². The maximum atomic E-state index is 11.6. The molecule has 0 spiro atoms. The molecule has 0 aromatic carbocycles. The number of nitrogens with two attached hydrogens (primary N) is 1. The quantitative estimate of drug-likeness (QED) is 0.496. The lowest BCUT2D eigenvalue weighted by molar-refractivity contribution is -0.135. The van der Waals surface area contributed by atoms with Gasteiger partial charge in [-0.2, -0.15) is 13.2 Å². The van der Waals surface area contributed by atoms with Crippen LogP contribution in [0.15, 0.2) is 0 Å². The van der Waals surface area contributed by atoms with Crippen LogP contribution in [0, 0.1) is 0 Å². The predicted molar refractivity (Wildman–Crippen MR) is 36.7 cm³/mol. The first kappa shape index (κ1) is 10.7. The van der Waals surface area contributed by atoms with Gasteiger partial charge in [-0.05, 0) is 19.8 Å². The Bertz CT molecular complexity index is 102. The van der Waals surface area contributed by atoms with Gasteiger partial charge in [-0.25, -0.2) is 0 Å². The highest BCUT2D eigenvalue weighted by Gasteiger charge is 2.26. The summed E-state index contributed by atoms with van der Waals surface area (Å²) in [4.78, 5) is 0. The summed E-state index contributed by atoms with van der Waals surface area (Å²) in [5, 5.41) is 0. The van der Waals surface area contributed by atoms with E-state index in [2.05, 4.69) is 5.43 Å². The van der Waals surface area contributed by atoms with E-state index in [1.165, 1.54) is 0 Å². The molecule has 0 aromatic rings. The van der Waals surface area contributed by atoms with Crippen molar-refractivity contribution in [2.75, 3.05) is 0 Å². The lowest BCUT2D eigenvalue weighted by atomic mass is 10.1. The standard InChI is InChI=1S/C6H13F3N2/c1-5(11-10)3-2-4-6(7,8)9/h5,11H,2-4,10H2,1H3. The van der Waals surface area contributed by atoms with Crippen molar-refractivity contribution in [3.05, 3.63) is 0 Å². The molecule has 5 heteroatoms. The zero-order chi connectivity index (χ0) is 8.91. The summed E-state index contributed by atoms with van der Waals surface area (Å²) in [5.41, 5.74) is 2.38. The van der Waals surface area contributed by atoms with Crippen LogP contribution < -0.4 is 11.3 Å². The van der Waals surface area contributed by atoms with Crippen LogP contribution in [-0.4, -0.2) is 12.2 Å². The number of hydrogen-bond acceptors (Lipinski definition) is 2. The number of alkyl halides is 3. The Kier molecular flexibility index (Phi) is 4.44. The molecular weight excluding hydrogens is 157 g/mol. The van der Waals surface area contributed by atoms with Crippen LogP contribution in [0.4, 0.5) is 13.2 Å². The maximum absolute atomic E-state index is 11.6. The van der Waals surface area contributed by atoms with Gasteiger partial charge in [0, 0.05) is 12.5 Å². The van der Waals surface area contributed by atoms with Crippen molar-refractivity contribution in [1.82, 2.24) is 5.43 Å². The van der Waals surface area contributed by atoms with E-state index in [0.29, 0.717) is 6.42 Å². The summed E-state index contributed by atoms with van der Waals surface area (Å²) in [6.45, 7) is 1.75. The summed E-state index contributed by atoms with van der Waals surface area (Å²) in [5.74, 6) is 4.99. The molecule has 3 N–H and O–H groups in total. The summed E-state index contributed by atoms with van der Waals surface area (Å²) in [7, 11) is 0. The molecule has 0 aromatic heterocycles. The van der Waals surface area contributed by atoms with Crippen molar-refractivity contribution in [1.29, 1.82) is 0 Å². The molecule has 0 rings (SSSR count). The van der Waals surface area contributed by atoms with Crippen LogP contribution >= 0.6 is 0 Å². The Morgan fingerprint density at radius 1 is 1.45 bits per heavy atom. The Balaban J connectivity index is 3.28. The van der Waals surface area contributed by atoms with Crippen LogP contribution in [0.3, 0.4) is 0 Å². The highest BCUT2D eigenvalue weighted by Crippen LogP contribution is 2.22. The van der Waals surface area contributed by atoms with Gasteiger partial charge in [-0.15, -0.1) is 0 Å². The molecule has 0 amide bonds. The molecule has 2 nitrogen and oxygen atoms in total. The Morgan fingerprint density at radius 2 is 2.00 bits per heavy atom. The second-order valence-corrected chi connectivity index (χ2v) is 2.58. The van der Waals surface area contributed by atoms with Crippen LogP contribution in [0.5, 0.6) is 0 Å². The highest BCUT2D eigenvalue weighted by molar-refractivity contribution is 4.58. The van der Waals surface area contributed by atoms with Gasteiger partial charge >= 0.3 is 6.18 Å². The van der Waals surface area contributed by atoms with E-state index < -0.39 is 12.6 Å². The summed E-state index contributed by atoms with van der Waals surface area (Å²) >= 11 is 0. The maximum Gasteiger partial charge on any atom is 0.389 e. The normalized spacial score (nSPS) is 15.0. The topological polar surface area (TPSA) is 38.0 Å². The summed E-state index contributed by atoms with van der Waals surface area (Å²) in [6, 6.07) is -0.0441. The monoisotopic (exact) mass is 170 g/mol. The predicted octanol–water partition coefficient (Wildman–Crippen LogP) is 1.57. The van der Waals surface area contributed by atoms with Gasteiger partial charge in [-0.1, -0.05) is 0 Å². The van der Waals surface area contributed by atoms with E-state index in [0.717, 1.165) is 0 Å². The Labute approximate surface area is 63.9 Å². The first-order chi connectivity index (χ1) is 4.95. The molecule has 0 fully saturated rings. The van der Waals surface area contributed by atoms with E-state index in [-0.39, 0.29) is 12.5 Å². The smallest absolute Gasteiger partial charge is 0.271 e. The highest BCUT2D eigenvalue weighted by atomic mass is 19.4. The molecule has 1 unspecified atom stereocenters. The zero-order valence-electron chi connectivity index (χ0n) is 6.41. The lowest BCUT2D eigenvalue weighted by Crippen LogP contribution is -2.32. The van der Waals surface area contributed by atoms with Crippen LogP contribution in [0.1, 0.15) is 26.2 Å². The van der Waals surface area contributed by atoms with Crippen LogP contribution in [0.2, 0.25) is 0 Å². The van der Waals surface area contributed by atoms with Gasteiger partial charge in [0.05, 0.1) is 0 Å². The molecule has 0 radical (unpaired) electrons. The summed E-state index contributed by atoms with van der Waals surface area (Å²) < 4.78 is 34.7. The van der Waals surface area contributed by atoms with Gasteiger partial charge in [0.15, 0.2) is 0 Å². The minimum absolute atomic E-state index is 0.0441. The molecular formula is C6H13F3N2. The second-order valence-electron chi connectivity index (χ2n) is 2.58. The van der Waals surface area contributed by atoms with Crippen molar-refractivity contribution in [3.8, 4) is 0 Å². The number of halogens is 3. The van der Waals surface area contributed by atoms with E-state index in [1.807, 2.05) is 0 Å². The third-order valence-electron chi connectivity index (χ3n) is 1.38.